The molecule has 0 radical (unpaired) electrons. The smallest absolute Gasteiger partial charge is 0.270 e. The first-order chi connectivity index (χ1) is 17.6. The van der Waals surface area contributed by atoms with Crippen molar-refractivity contribution in [2.24, 2.45) is 0 Å². The summed E-state index contributed by atoms with van der Waals surface area (Å²) in [6, 6.07) is 18.4. The highest BCUT2D eigenvalue weighted by Crippen LogP contribution is 2.24. The Hall–Kier alpha value is -4.86. The lowest BCUT2D eigenvalue weighted by molar-refractivity contribution is 0.0940. The van der Waals surface area contributed by atoms with Gasteiger partial charge < -0.3 is 10.6 Å². The predicted octanol–water partition coefficient (Wildman–Crippen LogP) is 2.97. The van der Waals surface area contributed by atoms with Gasteiger partial charge in [0.2, 0.25) is 0 Å². The largest absolute Gasteiger partial charge is 0.351 e. The van der Waals surface area contributed by atoms with Crippen molar-refractivity contribution in [3.8, 4) is 17.1 Å². The molecule has 1 aromatic carbocycles. The number of nitrogens with zero attached hydrogens (tertiary/aromatic N) is 6. The Labute approximate surface area is 207 Å². The maximum atomic E-state index is 13.2. The third-order valence-electron chi connectivity index (χ3n) is 5.64. The van der Waals surface area contributed by atoms with Gasteiger partial charge in [0.15, 0.2) is 5.65 Å². The van der Waals surface area contributed by atoms with Gasteiger partial charge in [0.05, 0.1) is 29.2 Å². The Kier molecular flexibility index (Phi) is 6.23. The molecule has 0 bridgehead atoms. The third kappa shape index (κ3) is 4.31. The number of carbonyl (C=O) groups is 2. The molecule has 5 aromatic rings. The van der Waals surface area contributed by atoms with E-state index in [-0.39, 0.29) is 18.4 Å². The molecule has 0 aliphatic heterocycles. The predicted molar refractivity (Wildman–Crippen MR) is 134 cm³/mol. The van der Waals surface area contributed by atoms with Crippen molar-refractivity contribution < 1.29 is 9.59 Å². The van der Waals surface area contributed by atoms with Crippen LogP contribution in [0.3, 0.4) is 0 Å². The number of nitrogens with one attached hydrogen (secondary N) is 2. The molecule has 0 spiro atoms. The van der Waals surface area contributed by atoms with Gasteiger partial charge in [0, 0.05) is 18.9 Å². The van der Waals surface area contributed by atoms with E-state index in [0.29, 0.717) is 46.2 Å². The van der Waals surface area contributed by atoms with Crippen LogP contribution in [0.2, 0.25) is 0 Å². The highest BCUT2D eigenvalue weighted by molar-refractivity contribution is 6.03. The lowest BCUT2D eigenvalue weighted by Crippen LogP contribution is -2.26. The van der Waals surface area contributed by atoms with Gasteiger partial charge in [-0.2, -0.15) is 15.0 Å². The van der Waals surface area contributed by atoms with Crippen LogP contribution in [0.25, 0.3) is 22.7 Å². The minimum absolute atomic E-state index is 0.190. The summed E-state index contributed by atoms with van der Waals surface area (Å²) in [6.45, 7) is 4.34. The van der Waals surface area contributed by atoms with Crippen LogP contribution in [-0.2, 0) is 6.54 Å². The molecule has 0 aliphatic rings. The Morgan fingerprint density at radius 1 is 0.917 bits per heavy atom. The highest BCUT2D eigenvalue weighted by atomic mass is 16.2. The molecule has 10 heteroatoms. The molecular weight excluding hydrogens is 456 g/mol. The van der Waals surface area contributed by atoms with Crippen molar-refractivity contribution in [2.45, 2.75) is 20.4 Å². The van der Waals surface area contributed by atoms with E-state index in [9.17, 15) is 9.59 Å². The Morgan fingerprint density at radius 2 is 1.72 bits per heavy atom. The molecule has 0 atom stereocenters. The van der Waals surface area contributed by atoms with E-state index >= 15 is 0 Å². The quantitative estimate of drug-likeness (QED) is 0.370. The fraction of sp³-hybridized carbons (Fsp3) is 0.154. The van der Waals surface area contributed by atoms with Crippen LogP contribution in [-0.4, -0.2) is 47.7 Å². The van der Waals surface area contributed by atoms with Gasteiger partial charge in [-0.1, -0.05) is 24.3 Å². The molecule has 4 aromatic heterocycles. The summed E-state index contributed by atoms with van der Waals surface area (Å²) in [7, 11) is 0. The fourth-order valence-corrected chi connectivity index (χ4v) is 3.90. The molecule has 4 heterocycles. The van der Waals surface area contributed by atoms with Crippen molar-refractivity contribution in [1.29, 1.82) is 0 Å². The second kappa shape index (κ2) is 9.79. The number of hydrogen-bond donors (Lipinski definition) is 2. The van der Waals surface area contributed by atoms with Crippen LogP contribution in [0.5, 0.6) is 0 Å². The number of aryl methyl sites for hydroxylation is 1. The zero-order valence-corrected chi connectivity index (χ0v) is 19.8. The summed E-state index contributed by atoms with van der Waals surface area (Å²) < 4.78 is 1.63. The standard InChI is InChI=1S/C26H24N8O2/c1-3-27-26(36)23-22(20-13-7-8-14-28-20)30-24-19(12-9-15-33(23)24)25(35)29-16-21-17(2)31-34(32-21)18-10-5-4-6-11-18/h4-15H,3,16H2,1-2H3,(H,27,36)(H,29,35). The average molecular weight is 481 g/mol. The Morgan fingerprint density at radius 3 is 2.47 bits per heavy atom. The molecule has 0 fully saturated rings. The molecule has 2 N–H and O–H groups in total. The first kappa shape index (κ1) is 22.9. The Bertz CT molecular complexity index is 1540. The summed E-state index contributed by atoms with van der Waals surface area (Å²) in [6.07, 6.45) is 3.35. The summed E-state index contributed by atoms with van der Waals surface area (Å²) in [5.41, 5.74) is 4.17. The summed E-state index contributed by atoms with van der Waals surface area (Å²) >= 11 is 0. The van der Waals surface area contributed by atoms with Gasteiger partial charge >= 0.3 is 0 Å². The second-order valence-corrected chi connectivity index (χ2v) is 8.04. The van der Waals surface area contributed by atoms with Gasteiger partial charge in [0.25, 0.3) is 11.8 Å². The number of amides is 2. The van der Waals surface area contributed by atoms with Crippen LogP contribution >= 0.6 is 0 Å². The summed E-state index contributed by atoms with van der Waals surface area (Å²) in [5, 5.41) is 14.7. The Balaban J connectivity index is 1.47. The van der Waals surface area contributed by atoms with Crippen LogP contribution in [0.1, 0.15) is 39.2 Å². The number of rotatable bonds is 7. The van der Waals surface area contributed by atoms with Crippen molar-refractivity contribution in [3.63, 3.8) is 0 Å². The highest BCUT2D eigenvalue weighted by Gasteiger charge is 2.24. The third-order valence-corrected chi connectivity index (χ3v) is 5.64. The molecule has 0 saturated carbocycles. The maximum absolute atomic E-state index is 13.2. The van der Waals surface area contributed by atoms with E-state index in [2.05, 4.69) is 30.8 Å². The normalized spacial score (nSPS) is 10.9. The van der Waals surface area contributed by atoms with Gasteiger partial charge in [-0.05, 0) is 50.2 Å². The van der Waals surface area contributed by atoms with Gasteiger partial charge in [-0.3, -0.25) is 19.0 Å². The van der Waals surface area contributed by atoms with Crippen LogP contribution in [0.15, 0.2) is 73.1 Å². The monoisotopic (exact) mass is 480 g/mol. The lowest BCUT2D eigenvalue weighted by Gasteiger charge is -2.07. The topological polar surface area (TPSA) is 119 Å². The van der Waals surface area contributed by atoms with Crippen molar-refractivity contribution in [2.75, 3.05) is 6.54 Å². The number of hydrogen-bond acceptors (Lipinski definition) is 6. The molecule has 2 amide bonds. The first-order valence-corrected chi connectivity index (χ1v) is 11.5. The number of pyridine rings is 2. The lowest BCUT2D eigenvalue weighted by atomic mass is 10.2. The number of imidazole rings is 1. The number of aromatic nitrogens is 6. The van der Waals surface area contributed by atoms with E-state index in [0.717, 1.165) is 5.69 Å². The van der Waals surface area contributed by atoms with E-state index in [1.807, 2.05) is 50.2 Å². The number of carbonyl (C=O) groups excluding carboxylic acids is 2. The zero-order valence-electron chi connectivity index (χ0n) is 19.8. The van der Waals surface area contributed by atoms with E-state index in [1.165, 1.54) is 0 Å². The van der Waals surface area contributed by atoms with Gasteiger partial charge in [-0.15, -0.1) is 0 Å². The van der Waals surface area contributed by atoms with Crippen LogP contribution in [0, 0.1) is 6.92 Å². The number of para-hydroxylation sites is 1. The molecule has 10 nitrogen and oxygen atoms in total. The minimum Gasteiger partial charge on any atom is -0.351 e. The molecule has 36 heavy (non-hydrogen) atoms. The summed E-state index contributed by atoms with van der Waals surface area (Å²) in [4.78, 5) is 36.8. The van der Waals surface area contributed by atoms with Gasteiger partial charge in [0.1, 0.15) is 17.1 Å². The SMILES string of the molecule is CCNC(=O)c1c(-c2ccccn2)nc2c(C(=O)NCc3nn(-c4ccccc4)nc3C)cccn12. The van der Waals surface area contributed by atoms with E-state index < -0.39 is 0 Å². The van der Waals surface area contributed by atoms with Gasteiger partial charge in [-0.25, -0.2) is 4.98 Å². The molecule has 180 valence electrons. The average Bonchev–Trinajstić information content (AvgIpc) is 3.49. The van der Waals surface area contributed by atoms with Crippen LogP contribution in [0.4, 0.5) is 0 Å². The molecule has 5 rings (SSSR count). The first-order valence-electron chi connectivity index (χ1n) is 11.5. The minimum atomic E-state index is -0.339. The molecule has 0 unspecified atom stereocenters. The van der Waals surface area contributed by atoms with Crippen molar-refractivity contribution >= 4 is 17.5 Å². The fourth-order valence-electron chi connectivity index (χ4n) is 3.90. The van der Waals surface area contributed by atoms with Crippen molar-refractivity contribution in [1.82, 2.24) is 40.0 Å². The second-order valence-electron chi connectivity index (χ2n) is 8.04. The summed E-state index contributed by atoms with van der Waals surface area (Å²) in [5.74, 6) is -0.634. The maximum Gasteiger partial charge on any atom is 0.270 e. The van der Waals surface area contributed by atoms with E-state index in [1.54, 1.807) is 45.9 Å². The molecule has 0 aliphatic carbocycles. The number of fused-ring (bicyclic) bond motifs is 1. The van der Waals surface area contributed by atoms with E-state index in [4.69, 9.17) is 0 Å². The number of benzene rings is 1. The molecular formula is C26H24N8O2. The zero-order chi connectivity index (χ0) is 25.1. The van der Waals surface area contributed by atoms with Crippen molar-refractivity contribution in [3.05, 3.63) is 95.7 Å². The van der Waals surface area contributed by atoms with Crippen LogP contribution < -0.4 is 10.6 Å². The molecule has 0 saturated heterocycles.